The molecule has 2 saturated carbocycles. The Morgan fingerprint density at radius 2 is 1.86 bits per heavy atom. The molecule has 0 aromatic heterocycles. The fourth-order valence-electron chi connectivity index (χ4n) is 7.73. The van der Waals surface area contributed by atoms with E-state index in [9.17, 15) is 32.4 Å². The van der Waals surface area contributed by atoms with Gasteiger partial charge in [-0.15, -0.1) is 0 Å². The van der Waals surface area contributed by atoms with Crippen LogP contribution in [-0.4, -0.2) is 84.0 Å². The summed E-state index contributed by atoms with van der Waals surface area (Å²) >= 11 is 0. The van der Waals surface area contributed by atoms with E-state index in [-0.39, 0.29) is 50.2 Å². The van der Waals surface area contributed by atoms with Crippen LogP contribution in [0.1, 0.15) is 102 Å². The van der Waals surface area contributed by atoms with E-state index < -0.39 is 62.1 Å². The molecule has 13 nitrogen and oxygen atoms in total. The molecule has 6 rings (SSSR count). The highest BCUT2D eigenvalue weighted by molar-refractivity contribution is 7.91. The lowest BCUT2D eigenvalue weighted by Crippen LogP contribution is -2.60. The number of nitrogens with one attached hydrogen (secondary N) is 3. The maximum absolute atomic E-state index is 14.4. The van der Waals surface area contributed by atoms with Crippen LogP contribution in [0, 0.1) is 17.3 Å². The molecule has 1 aromatic rings. The maximum Gasteiger partial charge on any atom is 0.407 e. The SMILES string of the molecule is CC[C@@H]1C[C@]1(NC(=O)[C@@H]1C[C@H]2CC(=O)N3Cc4cccc(c4C3)/C=C/CCCCOC(=O)N[C@@H](C(C)(C)C)C(=O)N1C2)C(=O)NS(=O)(=O)C1CC1. The number of amides is 5. The number of cyclic esters (lactones) is 1. The summed E-state index contributed by atoms with van der Waals surface area (Å²) in [5.74, 6) is -2.58. The van der Waals surface area contributed by atoms with Gasteiger partial charge in [0.15, 0.2) is 0 Å². The van der Waals surface area contributed by atoms with Crippen molar-refractivity contribution in [2.75, 3.05) is 13.2 Å². The molecule has 3 fully saturated rings. The molecular weight excluding hydrogens is 675 g/mol. The normalized spacial score (nSPS) is 29.5. The summed E-state index contributed by atoms with van der Waals surface area (Å²) in [7, 11) is -3.85. The minimum absolute atomic E-state index is 0.0857. The van der Waals surface area contributed by atoms with E-state index in [0.29, 0.717) is 38.8 Å². The lowest BCUT2D eigenvalue weighted by molar-refractivity contribution is -0.143. The number of nitrogens with zero attached hydrogens (tertiary/aromatic N) is 2. The number of benzene rings is 1. The van der Waals surface area contributed by atoms with Crippen molar-refractivity contribution in [3.8, 4) is 0 Å². The Bertz CT molecular complexity index is 1720. The third-order valence-corrected chi connectivity index (χ3v) is 12.8. The molecule has 1 saturated heterocycles. The Kier molecular flexibility index (Phi) is 10.3. The first-order chi connectivity index (χ1) is 24.1. The van der Waals surface area contributed by atoms with Crippen LogP contribution in [0.25, 0.3) is 6.08 Å². The number of hydrogen-bond donors (Lipinski definition) is 3. The van der Waals surface area contributed by atoms with Gasteiger partial charge in [0.05, 0.1) is 11.9 Å². The van der Waals surface area contributed by atoms with Crippen molar-refractivity contribution in [3.63, 3.8) is 0 Å². The zero-order chi connectivity index (χ0) is 36.7. The Hall–Kier alpha value is -3.94. The Labute approximate surface area is 300 Å². The van der Waals surface area contributed by atoms with Crippen molar-refractivity contribution < 1.29 is 37.1 Å². The lowest BCUT2D eigenvalue weighted by atomic mass is 9.85. The zero-order valence-electron chi connectivity index (χ0n) is 30.0. The first kappa shape index (κ1) is 36.8. The van der Waals surface area contributed by atoms with Crippen molar-refractivity contribution in [1.82, 2.24) is 25.2 Å². The summed E-state index contributed by atoms with van der Waals surface area (Å²) in [6.45, 7) is 8.51. The van der Waals surface area contributed by atoms with Crippen LogP contribution in [0.4, 0.5) is 4.79 Å². The van der Waals surface area contributed by atoms with Gasteiger partial charge in [-0.25, -0.2) is 13.2 Å². The molecule has 1 aromatic carbocycles. The highest BCUT2D eigenvalue weighted by Gasteiger charge is 2.62. The zero-order valence-corrected chi connectivity index (χ0v) is 30.9. The molecule has 0 radical (unpaired) electrons. The van der Waals surface area contributed by atoms with E-state index in [1.807, 2.05) is 50.8 Å². The van der Waals surface area contributed by atoms with E-state index in [1.165, 1.54) is 4.90 Å². The number of ether oxygens (including phenoxy) is 1. The molecule has 0 spiro atoms. The van der Waals surface area contributed by atoms with Gasteiger partial charge in [-0.1, -0.05) is 64.5 Å². The minimum Gasteiger partial charge on any atom is -0.450 e. The Morgan fingerprint density at radius 3 is 2.55 bits per heavy atom. The predicted molar refractivity (Wildman–Crippen MR) is 189 cm³/mol. The Balaban J connectivity index is 1.27. The van der Waals surface area contributed by atoms with Gasteiger partial charge in [-0.05, 0) is 78.9 Å². The van der Waals surface area contributed by atoms with Crippen molar-refractivity contribution in [1.29, 1.82) is 0 Å². The van der Waals surface area contributed by atoms with Crippen molar-refractivity contribution in [2.45, 2.75) is 121 Å². The van der Waals surface area contributed by atoms with Gasteiger partial charge < -0.3 is 25.2 Å². The van der Waals surface area contributed by atoms with Gasteiger partial charge in [-0.2, -0.15) is 0 Å². The van der Waals surface area contributed by atoms with E-state index in [1.54, 1.807) is 0 Å². The molecule has 4 bridgehead atoms. The number of rotatable bonds is 6. The van der Waals surface area contributed by atoms with Gasteiger partial charge in [0, 0.05) is 26.1 Å². The second-order valence-electron chi connectivity index (χ2n) is 16.0. The number of carbonyl (C=O) groups is 5. The summed E-state index contributed by atoms with van der Waals surface area (Å²) in [6.07, 6.45) is 7.69. The summed E-state index contributed by atoms with van der Waals surface area (Å²) in [6, 6.07) is 3.95. The number of alkyl carbamates (subject to hydrolysis) is 1. The monoisotopic (exact) mass is 725 g/mol. The second-order valence-corrected chi connectivity index (χ2v) is 17.9. The van der Waals surface area contributed by atoms with Crippen LogP contribution >= 0.6 is 0 Å². The van der Waals surface area contributed by atoms with E-state index in [0.717, 1.165) is 29.5 Å². The van der Waals surface area contributed by atoms with Crippen LogP contribution in [0.3, 0.4) is 0 Å². The highest BCUT2D eigenvalue weighted by Crippen LogP contribution is 2.47. The van der Waals surface area contributed by atoms with Gasteiger partial charge >= 0.3 is 6.09 Å². The number of fused-ring (bicyclic) bond motifs is 3. The molecule has 5 atom stereocenters. The second kappa shape index (κ2) is 14.2. The molecule has 14 heteroatoms. The third-order valence-electron chi connectivity index (χ3n) is 11.0. The van der Waals surface area contributed by atoms with Crippen LogP contribution in [0.15, 0.2) is 24.3 Å². The fraction of sp³-hybridized carbons (Fsp3) is 0.649. The number of carbonyl (C=O) groups excluding carboxylic acids is 5. The molecule has 51 heavy (non-hydrogen) atoms. The van der Waals surface area contributed by atoms with E-state index in [2.05, 4.69) is 27.5 Å². The molecule has 5 amide bonds. The molecule has 0 unspecified atom stereocenters. The Morgan fingerprint density at radius 1 is 1.10 bits per heavy atom. The molecule has 278 valence electrons. The van der Waals surface area contributed by atoms with Crippen molar-refractivity contribution in [2.24, 2.45) is 17.3 Å². The molecular formula is C37H51N5O8S. The smallest absolute Gasteiger partial charge is 0.407 e. The minimum atomic E-state index is -3.85. The summed E-state index contributed by atoms with van der Waals surface area (Å²) in [4.78, 5) is 72.1. The summed E-state index contributed by atoms with van der Waals surface area (Å²) in [5.41, 5.74) is 1.06. The topological polar surface area (TPSA) is 171 Å². The number of allylic oxidation sites excluding steroid dienone is 1. The summed E-state index contributed by atoms with van der Waals surface area (Å²) < 4.78 is 33.0. The van der Waals surface area contributed by atoms with Crippen LogP contribution in [0.2, 0.25) is 0 Å². The standard InChI is InChI=1S/C37H51N5O8S/c1-5-26-19-37(26,34(46)40-51(48,49)27-14-15-27)39-32(44)29-17-23-18-30(43)41-21-25-13-10-12-24(28(25)22-41)11-8-6-7-9-16-50-35(47)38-31(36(2,3)4)33(45)42(29)20-23/h8,10-13,23,26-27,29,31H,5-7,9,14-22H2,1-4H3,(H,38,47)(H,39,44)(H,40,46)/b11-8+/t23-,26+,29-,31+,37+/m0/s1. The van der Waals surface area contributed by atoms with E-state index >= 15 is 0 Å². The third kappa shape index (κ3) is 7.95. The molecule has 3 N–H and O–H groups in total. The van der Waals surface area contributed by atoms with Gasteiger partial charge in [0.2, 0.25) is 27.7 Å². The molecule has 3 heterocycles. The van der Waals surface area contributed by atoms with Crippen LogP contribution < -0.4 is 15.4 Å². The fourth-order valence-corrected chi connectivity index (χ4v) is 9.09. The van der Waals surface area contributed by atoms with Gasteiger partial charge in [0.25, 0.3) is 5.91 Å². The quantitative estimate of drug-likeness (QED) is 0.401. The largest absolute Gasteiger partial charge is 0.450 e. The maximum atomic E-state index is 14.4. The molecule has 2 aliphatic carbocycles. The summed E-state index contributed by atoms with van der Waals surface area (Å²) in [5, 5.41) is 5.00. The average Bonchev–Trinajstić information content (AvgIpc) is 3.96. The first-order valence-electron chi connectivity index (χ1n) is 18.3. The lowest BCUT2D eigenvalue weighted by Gasteiger charge is -2.35. The number of hydrogen-bond acceptors (Lipinski definition) is 8. The highest BCUT2D eigenvalue weighted by atomic mass is 32.2. The van der Waals surface area contributed by atoms with E-state index in [4.69, 9.17) is 4.74 Å². The van der Waals surface area contributed by atoms with Crippen molar-refractivity contribution >= 4 is 45.8 Å². The van der Waals surface area contributed by atoms with Gasteiger partial charge in [0.1, 0.15) is 17.6 Å². The average molecular weight is 726 g/mol. The number of sulfonamides is 1. The van der Waals surface area contributed by atoms with Gasteiger partial charge in [-0.3, -0.25) is 23.9 Å². The first-order valence-corrected chi connectivity index (χ1v) is 19.8. The van der Waals surface area contributed by atoms with Crippen LogP contribution in [-0.2, 0) is 47.0 Å². The predicted octanol–water partition coefficient (Wildman–Crippen LogP) is 3.37. The van der Waals surface area contributed by atoms with Crippen LogP contribution in [0.5, 0.6) is 0 Å². The molecule has 5 aliphatic rings. The molecule has 3 aliphatic heterocycles. The van der Waals surface area contributed by atoms with Crippen molar-refractivity contribution in [3.05, 3.63) is 41.0 Å².